The molecule has 0 amide bonds. The molecule has 9 heteroatoms. The zero-order chi connectivity index (χ0) is 20.9. The van der Waals surface area contributed by atoms with Crippen LogP contribution < -0.4 is 0 Å². The summed E-state index contributed by atoms with van der Waals surface area (Å²) in [4.78, 5) is 20.1. The van der Waals surface area contributed by atoms with Crippen molar-refractivity contribution in [3.63, 3.8) is 0 Å². The number of sulfone groups is 1. The molecule has 2 aromatic carbocycles. The largest absolute Gasteiger partial charge is 0.339 e. The van der Waals surface area contributed by atoms with Crippen LogP contribution in [0.15, 0.2) is 42.6 Å². The van der Waals surface area contributed by atoms with Crippen LogP contribution >= 0.6 is 11.6 Å². The van der Waals surface area contributed by atoms with Crippen molar-refractivity contribution in [3.05, 3.63) is 75.9 Å². The van der Waals surface area contributed by atoms with E-state index in [0.29, 0.717) is 27.0 Å². The molecule has 2 aromatic heterocycles. The van der Waals surface area contributed by atoms with Gasteiger partial charge in [0.05, 0.1) is 16.3 Å². The maximum absolute atomic E-state index is 14.8. The number of aromatic nitrogens is 2. The predicted octanol–water partition coefficient (Wildman–Crippen LogP) is 4.42. The molecular weight excluding hydrogens is 422 g/mol. The first-order valence-electron chi connectivity index (χ1n) is 8.40. The molecule has 4 aromatic rings. The van der Waals surface area contributed by atoms with E-state index in [4.69, 9.17) is 11.6 Å². The highest BCUT2D eigenvalue weighted by Crippen LogP contribution is 2.29. The van der Waals surface area contributed by atoms with Gasteiger partial charge in [-0.2, -0.15) is 0 Å². The van der Waals surface area contributed by atoms with Crippen molar-refractivity contribution in [2.75, 3.05) is 6.26 Å². The van der Waals surface area contributed by atoms with E-state index in [1.807, 2.05) is 0 Å². The molecule has 5 nitrogen and oxygen atoms in total. The molecule has 0 spiro atoms. The summed E-state index contributed by atoms with van der Waals surface area (Å²) in [5, 5.41) is 1.68. The molecule has 0 radical (unpaired) electrons. The molecule has 0 bridgehead atoms. The number of pyridine rings is 1. The molecule has 148 valence electrons. The van der Waals surface area contributed by atoms with Crippen LogP contribution in [0.3, 0.4) is 0 Å². The van der Waals surface area contributed by atoms with Crippen molar-refractivity contribution in [1.82, 2.24) is 9.97 Å². The summed E-state index contributed by atoms with van der Waals surface area (Å²) in [5.74, 6) is -3.76. The Hall–Kier alpha value is -2.84. The molecule has 0 atom stereocenters. The summed E-state index contributed by atoms with van der Waals surface area (Å²) in [6.45, 7) is 0. The molecule has 29 heavy (non-hydrogen) atoms. The average molecular weight is 435 g/mol. The number of H-pyrrole nitrogens is 1. The number of halogens is 3. The van der Waals surface area contributed by atoms with Gasteiger partial charge < -0.3 is 4.98 Å². The van der Waals surface area contributed by atoms with E-state index in [2.05, 4.69) is 9.97 Å². The fourth-order valence-electron chi connectivity index (χ4n) is 3.23. The zero-order valence-electron chi connectivity index (χ0n) is 15.0. The number of ketones is 1. The van der Waals surface area contributed by atoms with Crippen LogP contribution in [0.1, 0.15) is 21.5 Å². The van der Waals surface area contributed by atoms with Gasteiger partial charge in [0.25, 0.3) is 0 Å². The van der Waals surface area contributed by atoms with Gasteiger partial charge >= 0.3 is 0 Å². The van der Waals surface area contributed by atoms with Gasteiger partial charge in [0, 0.05) is 39.9 Å². The number of carbonyl (C=O) groups excluding carboxylic acids is 1. The SMILES string of the molecule is CS(=O)(=O)Cc1ccc(F)c(C(=O)c2ccc3[nH]c4ncc(Cl)cc4c3c2)c1F. The highest BCUT2D eigenvalue weighted by atomic mass is 35.5. The fraction of sp³-hybridized carbons (Fsp3) is 0.100. The highest BCUT2D eigenvalue weighted by molar-refractivity contribution is 7.89. The summed E-state index contributed by atoms with van der Waals surface area (Å²) < 4.78 is 52.1. The van der Waals surface area contributed by atoms with Crippen molar-refractivity contribution >= 4 is 49.2 Å². The third-order valence-corrected chi connectivity index (χ3v) is 5.54. The van der Waals surface area contributed by atoms with E-state index in [1.165, 1.54) is 18.3 Å². The molecule has 2 heterocycles. The number of rotatable bonds is 4. The Morgan fingerprint density at radius 2 is 1.90 bits per heavy atom. The van der Waals surface area contributed by atoms with Crippen LogP contribution in [-0.4, -0.2) is 30.4 Å². The van der Waals surface area contributed by atoms with Gasteiger partial charge in [-0.15, -0.1) is 0 Å². The minimum atomic E-state index is -3.57. The highest BCUT2D eigenvalue weighted by Gasteiger charge is 2.24. The first kappa shape index (κ1) is 19.5. The predicted molar refractivity (Wildman–Crippen MR) is 107 cm³/mol. The van der Waals surface area contributed by atoms with Crippen molar-refractivity contribution in [3.8, 4) is 0 Å². The second kappa shape index (κ2) is 6.89. The summed E-state index contributed by atoms with van der Waals surface area (Å²) in [5.41, 5.74) is 0.232. The first-order valence-corrected chi connectivity index (χ1v) is 10.8. The van der Waals surface area contributed by atoms with Crippen LogP contribution in [0.4, 0.5) is 8.78 Å². The van der Waals surface area contributed by atoms with Crippen LogP contribution in [0.2, 0.25) is 5.02 Å². The lowest BCUT2D eigenvalue weighted by atomic mass is 9.98. The molecular formula is C20H13ClF2N2O3S. The maximum Gasteiger partial charge on any atom is 0.198 e. The average Bonchev–Trinajstić information content (AvgIpc) is 3.00. The fourth-order valence-corrected chi connectivity index (χ4v) is 4.18. The van der Waals surface area contributed by atoms with E-state index >= 15 is 0 Å². The van der Waals surface area contributed by atoms with Gasteiger partial charge in [-0.1, -0.05) is 17.7 Å². The lowest BCUT2D eigenvalue weighted by Crippen LogP contribution is -2.12. The molecule has 0 aliphatic rings. The summed E-state index contributed by atoms with van der Waals surface area (Å²) in [6.07, 6.45) is 2.41. The molecule has 4 rings (SSSR count). The van der Waals surface area contributed by atoms with E-state index < -0.39 is 38.6 Å². The van der Waals surface area contributed by atoms with Crippen LogP contribution in [0.25, 0.3) is 21.9 Å². The van der Waals surface area contributed by atoms with Crippen LogP contribution in [0.5, 0.6) is 0 Å². The number of hydrogen-bond acceptors (Lipinski definition) is 4. The number of hydrogen-bond donors (Lipinski definition) is 1. The van der Waals surface area contributed by atoms with Gasteiger partial charge in [0.2, 0.25) is 0 Å². The molecule has 0 fully saturated rings. The van der Waals surface area contributed by atoms with Crippen molar-refractivity contribution in [2.24, 2.45) is 0 Å². The Balaban J connectivity index is 1.86. The number of fused-ring (bicyclic) bond motifs is 3. The normalized spacial score (nSPS) is 12.0. The second-order valence-corrected chi connectivity index (χ2v) is 9.31. The van der Waals surface area contributed by atoms with Gasteiger partial charge in [-0.25, -0.2) is 22.2 Å². The Morgan fingerprint density at radius 3 is 2.62 bits per heavy atom. The minimum absolute atomic E-state index is 0.0488. The van der Waals surface area contributed by atoms with Crippen LogP contribution in [-0.2, 0) is 15.6 Å². The number of benzene rings is 2. The number of carbonyl (C=O) groups is 1. The van der Waals surface area contributed by atoms with Crippen molar-refractivity contribution in [1.29, 1.82) is 0 Å². The molecule has 0 saturated carbocycles. The second-order valence-electron chi connectivity index (χ2n) is 6.73. The zero-order valence-corrected chi connectivity index (χ0v) is 16.5. The van der Waals surface area contributed by atoms with Crippen molar-refractivity contribution < 1.29 is 22.0 Å². The van der Waals surface area contributed by atoms with Crippen LogP contribution in [0, 0.1) is 11.6 Å². The summed E-state index contributed by atoms with van der Waals surface area (Å²) >= 11 is 5.99. The monoisotopic (exact) mass is 434 g/mol. The minimum Gasteiger partial charge on any atom is -0.339 e. The van der Waals surface area contributed by atoms with Gasteiger partial charge in [0.1, 0.15) is 17.3 Å². The first-order chi connectivity index (χ1) is 13.6. The summed E-state index contributed by atoms with van der Waals surface area (Å²) in [6, 6.07) is 8.13. The molecule has 0 aliphatic heterocycles. The quantitative estimate of drug-likeness (QED) is 0.482. The van der Waals surface area contributed by atoms with E-state index in [0.717, 1.165) is 18.4 Å². The number of nitrogens with one attached hydrogen (secondary N) is 1. The summed E-state index contributed by atoms with van der Waals surface area (Å²) in [7, 11) is -3.57. The van der Waals surface area contributed by atoms with E-state index in [-0.39, 0.29) is 11.1 Å². The van der Waals surface area contributed by atoms with Crippen molar-refractivity contribution in [2.45, 2.75) is 5.75 Å². The topological polar surface area (TPSA) is 79.9 Å². The molecule has 0 aliphatic carbocycles. The van der Waals surface area contributed by atoms with Gasteiger partial charge in [-0.05, 0) is 30.3 Å². The lowest BCUT2D eigenvalue weighted by Gasteiger charge is -2.09. The smallest absolute Gasteiger partial charge is 0.198 e. The third-order valence-electron chi connectivity index (χ3n) is 4.50. The Kier molecular flexibility index (Phi) is 4.63. The Bertz CT molecular complexity index is 1410. The Labute approximate surface area is 169 Å². The maximum atomic E-state index is 14.8. The van der Waals surface area contributed by atoms with E-state index in [9.17, 15) is 22.0 Å². The van der Waals surface area contributed by atoms with Gasteiger partial charge in [0.15, 0.2) is 15.6 Å². The lowest BCUT2D eigenvalue weighted by molar-refractivity contribution is 0.103. The standard InChI is InChI=1S/C20H13ClF2N2O3S/c1-29(27,28)9-11-2-4-15(22)17(18(11)23)19(26)10-3-5-16-13(6-10)14-7-12(21)8-24-20(14)25-16/h2-8H,9H2,1H3,(H,24,25). The third kappa shape index (κ3) is 3.61. The number of aromatic amines is 1. The Morgan fingerprint density at radius 1 is 1.14 bits per heavy atom. The molecule has 0 saturated heterocycles. The van der Waals surface area contributed by atoms with E-state index in [1.54, 1.807) is 12.1 Å². The van der Waals surface area contributed by atoms with Gasteiger partial charge in [-0.3, -0.25) is 4.79 Å². The molecule has 0 unspecified atom stereocenters. The molecule has 1 N–H and O–H groups in total. The number of nitrogens with zero attached hydrogens (tertiary/aromatic N) is 1.